The lowest BCUT2D eigenvalue weighted by atomic mass is 10.1. The molecule has 1 aromatic rings. The smallest absolute Gasteiger partial charge is 0.193 e. The van der Waals surface area contributed by atoms with Gasteiger partial charge in [-0.1, -0.05) is 31.2 Å². The predicted molar refractivity (Wildman–Crippen MR) is 80.6 cm³/mol. The summed E-state index contributed by atoms with van der Waals surface area (Å²) in [5.41, 5.74) is 0. The Hall–Kier alpha value is -1.75. The summed E-state index contributed by atoms with van der Waals surface area (Å²) in [6.07, 6.45) is 14.2. The molecule has 0 fully saturated rings. The van der Waals surface area contributed by atoms with Crippen molar-refractivity contribution in [2.45, 2.75) is 25.8 Å². The molecule has 0 unspecified atom stereocenters. The van der Waals surface area contributed by atoms with Crippen molar-refractivity contribution in [3.05, 3.63) is 48.1 Å². The number of nitrogens with zero attached hydrogens (tertiary/aromatic N) is 3. The first-order chi connectivity index (χ1) is 9.29. The fourth-order valence-corrected chi connectivity index (χ4v) is 1.95. The number of aromatic nitrogens is 2. The van der Waals surface area contributed by atoms with Crippen LogP contribution in [-0.2, 0) is 0 Å². The fraction of sp³-hybridized carbons (Fsp3) is 0.357. The van der Waals surface area contributed by atoms with E-state index in [2.05, 4.69) is 46.6 Å². The highest BCUT2D eigenvalue weighted by molar-refractivity contribution is 7.80. The molecule has 1 aromatic heterocycles. The molecule has 5 heteroatoms. The number of hydrogen-bond donors (Lipinski definition) is 1. The van der Waals surface area contributed by atoms with Crippen LogP contribution >= 0.6 is 12.2 Å². The van der Waals surface area contributed by atoms with Crippen molar-refractivity contribution >= 4 is 17.3 Å². The highest BCUT2D eigenvalue weighted by atomic mass is 32.1. The van der Waals surface area contributed by atoms with Crippen molar-refractivity contribution in [2.24, 2.45) is 4.99 Å². The first kappa shape index (κ1) is 13.7. The number of allylic oxidation sites excluding steroid dienone is 4. The van der Waals surface area contributed by atoms with E-state index in [0.717, 1.165) is 24.7 Å². The van der Waals surface area contributed by atoms with E-state index in [-0.39, 0.29) is 6.04 Å². The average Bonchev–Trinajstić information content (AvgIpc) is 2.47. The molecule has 2 rings (SSSR count). The molecule has 100 valence electrons. The van der Waals surface area contributed by atoms with Gasteiger partial charge in [0.05, 0.1) is 17.6 Å². The molecule has 1 aliphatic carbocycles. The van der Waals surface area contributed by atoms with E-state index in [1.807, 2.05) is 16.9 Å². The zero-order valence-electron chi connectivity index (χ0n) is 11.0. The van der Waals surface area contributed by atoms with Crippen molar-refractivity contribution in [1.29, 1.82) is 0 Å². The first-order valence-corrected chi connectivity index (χ1v) is 6.91. The molecule has 0 aliphatic heterocycles. The highest BCUT2D eigenvalue weighted by Gasteiger charge is 2.03. The van der Waals surface area contributed by atoms with Crippen molar-refractivity contribution in [3.8, 4) is 0 Å². The van der Waals surface area contributed by atoms with E-state index in [4.69, 9.17) is 12.2 Å². The SMILES string of the molecule is CCCNC(=S)N=c1ccn(C2C=CCC=C2)nc1. The second kappa shape index (κ2) is 6.99. The van der Waals surface area contributed by atoms with Gasteiger partial charge in [0, 0.05) is 12.7 Å². The number of thiocarbonyl (C=S) groups is 1. The zero-order chi connectivity index (χ0) is 13.5. The second-order valence-corrected chi connectivity index (χ2v) is 4.68. The Bertz CT molecular complexity index is 524. The van der Waals surface area contributed by atoms with E-state index in [9.17, 15) is 0 Å². The second-order valence-electron chi connectivity index (χ2n) is 4.29. The summed E-state index contributed by atoms with van der Waals surface area (Å²) < 4.78 is 1.90. The highest BCUT2D eigenvalue weighted by Crippen LogP contribution is 2.12. The lowest BCUT2D eigenvalue weighted by Gasteiger charge is -2.13. The Morgan fingerprint density at radius 3 is 2.95 bits per heavy atom. The molecule has 0 spiro atoms. The Kier molecular flexibility index (Phi) is 5.03. The lowest BCUT2D eigenvalue weighted by molar-refractivity contribution is 0.601. The average molecular weight is 274 g/mol. The van der Waals surface area contributed by atoms with Crippen molar-refractivity contribution in [1.82, 2.24) is 15.1 Å². The summed E-state index contributed by atoms with van der Waals surface area (Å²) in [4.78, 5) is 4.29. The van der Waals surface area contributed by atoms with E-state index in [1.165, 1.54) is 0 Å². The fourth-order valence-electron chi connectivity index (χ4n) is 1.75. The molecule has 1 aliphatic rings. The standard InChI is InChI=1S/C14H18N4S/c1-2-9-15-14(19)17-12-8-10-18(16-11-12)13-6-4-3-5-7-13/h4-8,10-11,13H,2-3,9H2,1H3,(H,15,19). The van der Waals surface area contributed by atoms with Gasteiger partial charge in [-0.25, -0.2) is 4.99 Å². The van der Waals surface area contributed by atoms with Crippen LogP contribution in [0.25, 0.3) is 0 Å². The maximum Gasteiger partial charge on any atom is 0.193 e. The maximum absolute atomic E-state index is 5.12. The Balaban J connectivity index is 2.07. The van der Waals surface area contributed by atoms with E-state index < -0.39 is 0 Å². The summed E-state index contributed by atoms with van der Waals surface area (Å²) in [5.74, 6) is 0. The Morgan fingerprint density at radius 2 is 2.32 bits per heavy atom. The van der Waals surface area contributed by atoms with Crippen LogP contribution in [-0.4, -0.2) is 21.4 Å². The number of nitrogens with one attached hydrogen (secondary N) is 1. The van der Waals surface area contributed by atoms with Crippen molar-refractivity contribution in [2.75, 3.05) is 6.54 Å². The van der Waals surface area contributed by atoms with Gasteiger partial charge >= 0.3 is 0 Å². The monoisotopic (exact) mass is 274 g/mol. The van der Waals surface area contributed by atoms with Crippen LogP contribution in [0.5, 0.6) is 0 Å². The van der Waals surface area contributed by atoms with E-state index >= 15 is 0 Å². The summed E-state index contributed by atoms with van der Waals surface area (Å²) in [6.45, 7) is 2.94. The molecule has 1 N–H and O–H groups in total. The van der Waals surface area contributed by atoms with E-state index in [0.29, 0.717) is 5.11 Å². The van der Waals surface area contributed by atoms with Gasteiger partial charge in [0.2, 0.25) is 0 Å². The third-order valence-corrected chi connectivity index (χ3v) is 2.96. The van der Waals surface area contributed by atoms with Crippen LogP contribution in [0, 0.1) is 0 Å². The third-order valence-electron chi connectivity index (χ3n) is 2.72. The van der Waals surface area contributed by atoms with Crippen LogP contribution in [0.15, 0.2) is 47.8 Å². The molecule has 4 nitrogen and oxygen atoms in total. The minimum absolute atomic E-state index is 0.202. The van der Waals surface area contributed by atoms with Gasteiger partial charge in [-0.15, -0.1) is 0 Å². The summed E-state index contributed by atoms with van der Waals surface area (Å²) >= 11 is 5.12. The summed E-state index contributed by atoms with van der Waals surface area (Å²) in [7, 11) is 0. The van der Waals surface area contributed by atoms with Gasteiger partial charge in [0.1, 0.15) is 0 Å². The number of hydrogen-bond acceptors (Lipinski definition) is 2. The van der Waals surface area contributed by atoms with Gasteiger partial charge in [-0.3, -0.25) is 4.68 Å². The largest absolute Gasteiger partial charge is 0.361 e. The van der Waals surface area contributed by atoms with Crippen LogP contribution in [0.2, 0.25) is 0 Å². The molecule has 0 atom stereocenters. The third kappa shape index (κ3) is 4.13. The van der Waals surface area contributed by atoms with Gasteiger partial charge in [-0.2, -0.15) is 5.10 Å². The van der Waals surface area contributed by atoms with Crippen LogP contribution in [0.1, 0.15) is 25.8 Å². The quantitative estimate of drug-likeness (QED) is 0.678. The zero-order valence-corrected chi connectivity index (χ0v) is 11.8. The molecule has 0 bridgehead atoms. The Morgan fingerprint density at radius 1 is 1.53 bits per heavy atom. The van der Waals surface area contributed by atoms with Gasteiger partial charge in [0.25, 0.3) is 0 Å². The molecule has 19 heavy (non-hydrogen) atoms. The normalized spacial score (nSPS) is 15.7. The van der Waals surface area contributed by atoms with E-state index in [1.54, 1.807) is 6.20 Å². The molecule has 1 heterocycles. The number of rotatable bonds is 3. The Labute approximate surface area is 118 Å². The molecule has 0 aromatic carbocycles. The molecule has 0 radical (unpaired) electrons. The van der Waals surface area contributed by atoms with Crippen LogP contribution in [0.4, 0.5) is 0 Å². The lowest BCUT2D eigenvalue weighted by Crippen LogP contribution is -2.23. The minimum atomic E-state index is 0.202. The molecule has 0 amide bonds. The van der Waals surface area contributed by atoms with Gasteiger partial charge in [-0.05, 0) is 31.1 Å². The van der Waals surface area contributed by atoms with Gasteiger partial charge in [0.15, 0.2) is 5.11 Å². The van der Waals surface area contributed by atoms with Crippen LogP contribution < -0.4 is 10.7 Å². The van der Waals surface area contributed by atoms with Crippen LogP contribution in [0.3, 0.4) is 0 Å². The summed E-state index contributed by atoms with van der Waals surface area (Å²) in [6, 6.07) is 2.12. The molecular weight excluding hydrogens is 256 g/mol. The molecular formula is C14H18N4S. The van der Waals surface area contributed by atoms with Crippen molar-refractivity contribution < 1.29 is 0 Å². The molecule has 0 saturated carbocycles. The van der Waals surface area contributed by atoms with Gasteiger partial charge < -0.3 is 5.32 Å². The topological polar surface area (TPSA) is 42.2 Å². The molecule has 0 saturated heterocycles. The van der Waals surface area contributed by atoms with Crippen molar-refractivity contribution in [3.63, 3.8) is 0 Å². The first-order valence-electron chi connectivity index (χ1n) is 6.50. The predicted octanol–water partition coefficient (Wildman–Crippen LogP) is 2.13. The summed E-state index contributed by atoms with van der Waals surface area (Å²) in [5, 5.41) is 8.72. The maximum atomic E-state index is 5.12. The minimum Gasteiger partial charge on any atom is -0.361 e.